The van der Waals surface area contributed by atoms with Crippen molar-refractivity contribution in [2.24, 2.45) is 0 Å². The molecule has 9 rings (SSSR count). The summed E-state index contributed by atoms with van der Waals surface area (Å²) in [6, 6.07) is 34.4. The van der Waals surface area contributed by atoms with Gasteiger partial charge in [0.05, 0.1) is 21.9 Å². The number of fused-ring (bicyclic) bond motifs is 16. The van der Waals surface area contributed by atoms with Gasteiger partial charge < -0.3 is 4.42 Å². The van der Waals surface area contributed by atoms with Gasteiger partial charge in [-0.2, -0.15) is 0 Å². The van der Waals surface area contributed by atoms with Crippen LogP contribution in [0.1, 0.15) is 0 Å². The molecular formula is C31H16N2OS. The van der Waals surface area contributed by atoms with Gasteiger partial charge in [-0.1, -0.05) is 60.7 Å². The average Bonchev–Trinajstić information content (AvgIpc) is 3.59. The molecular weight excluding hydrogens is 448 g/mol. The van der Waals surface area contributed by atoms with Gasteiger partial charge in [-0.05, 0) is 41.8 Å². The first-order valence-corrected chi connectivity index (χ1v) is 12.6. The number of para-hydroxylation sites is 3. The lowest BCUT2D eigenvalue weighted by atomic mass is 10.0. The molecule has 4 heterocycles. The molecule has 0 aliphatic heterocycles. The van der Waals surface area contributed by atoms with E-state index in [0.717, 1.165) is 44.0 Å². The van der Waals surface area contributed by atoms with Crippen LogP contribution < -0.4 is 0 Å². The first-order chi connectivity index (χ1) is 17.4. The molecule has 35 heavy (non-hydrogen) atoms. The van der Waals surface area contributed by atoms with E-state index in [2.05, 4.69) is 89.3 Å². The average molecular weight is 465 g/mol. The summed E-state index contributed by atoms with van der Waals surface area (Å²) < 4.78 is 11.5. The summed E-state index contributed by atoms with van der Waals surface area (Å²) in [5, 5.41) is 8.40. The Kier molecular flexibility index (Phi) is 3.17. The lowest BCUT2D eigenvalue weighted by Crippen LogP contribution is -1.92. The maximum absolute atomic E-state index is 6.54. The Morgan fingerprint density at radius 2 is 1.37 bits per heavy atom. The van der Waals surface area contributed by atoms with Crippen LogP contribution in [0.5, 0.6) is 0 Å². The molecule has 3 nitrogen and oxygen atoms in total. The van der Waals surface area contributed by atoms with Gasteiger partial charge >= 0.3 is 0 Å². The van der Waals surface area contributed by atoms with Gasteiger partial charge in [0.25, 0.3) is 0 Å². The molecule has 0 radical (unpaired) electrons. The smallest absolute Gasteiger partial charge is 0.150 e. The van der Waals surface area contributed by atoms with Gasteiger partial charge in [0.2, 0.25) is 0 Å². The van der Waals surface area contributed by atoms with Crippen LogP contribution in [0.3, 0.4) is 0 Å². The molecule has 9 aromatic rings. The normalized spacial score (nSPS) is 12.6. The maximum atomic E-state index is 6.54. The minimum absolute atomic E-state index is 0.907. The van der Waals surface area contributed by atoms with Crippen LogP contribution in [0, 0.1) is 0 Å². The molecule has 0 N–H and O–H groups in total. The highest BCUT2D eigenvalue weighted by Gasteiger charge is 2.21. The SMILES string of the molecule is c1ccc2c(c1)nc1c3c(ccc4c5ccccc5oc43)c3c4sc5ccccc5c4ccc3n21. The summed E-state index contributed by atoms with van der Waals surface area (Å²) in [6.45, 7) is 0. The van der Waals surface area contributed by atoms with Gasteiger partial charge in [0.15, 0.2) is 0 Å². The quantitative estimate of drug-likeness (QED) is 0.210. The number of hydrogen-bond donors (Lipinski definition) is 0. The molecule has 0 bridgehead atoms. The first-order valence-electron chi connectivity index (χ1n) is 11.7. The number of hydrogen-bond acceptors (Lipinski definition) is 3. The third-order valence-electron chi connectivity index (χ3n) is 7.37. The van der Waals surface area contributed by atoms with Crippen LogP contribution in [0.4, 0.5) is 0 Å². The van der Waals surface area contributed by atoms with E-state index in [1.165, 1.54) is 36.5 Å². The summed E-state index contributed by atoms with van der Waals surface area (Å²) in [5.41, 5.74) is 6.04. The van der Waals surface area contributed by atoms with E-state index in [-0.39, 0.29) is 0 Å². The van der Waals surface area contributed by atoms with Crippen molar-refractivity contribution in [2.75, 3.05) is 0 Å². The van der Waals surface area contributed by atoms with E-state index >= 15 is 0 Å². The molecule has 0 aliphatic rings. The second kappa shape index (κ2) is 6.17. The van der Waals surface area contributed by atoms with Crippen molar-refractivity contribution in [2.45, 2.75) is 0 Å². The lowest BCUT2D eigenvalue weighted by Gasteiger charge is -2.10. The molecule has 0 spiro atoms. The fourth-order valence-electron chi connectivity index (χ4n) is 5.88. The molecule has 5 aromatic carbocycles. The molecule has 4 heteroatoms. The number of aromatic nitrogens is 2. The first kappa shape index (κ1) is 18.0. The van der Waals surface area contributed by atoms with Crippen molar-refractivity contribution in [1.29, 1.82) is 0 Å². The minimum atomic E-state index is 0.907. The Hall–Kier alpha value is -4.41. The summed E-state index contributed by atoms with van der Waals surface area (Å²) in [4.78, 5) is 5.14. The molecule has 0 amide bonds. The molecule has 4 aromatic heterocycles. The van der Waals surface area contributed by atoms with E-state index in [4.69, 9.17) is 9.40 Å². The third kappa shape index (κ3) is 2.14. The molecule has 162 valence electrons. The van der Waals surface area contributed by atoms with Gasteiger partial charge in [-0.15, -0.1) is 11.3 Å². The van der Waals surface area contributed by atoms with Crippen molar-refractivity contribution < 1.29 is 4.42 Å². The van der Waals surface area contributed by atoms with E-state index in [1.807, 2.05) is 23.5 Å². The van der Waals surface area contributed by atoms with E-state index < -0.39 is 0 Å². The summed E-state index contributed by atoms with van der Waals surface area (Å²) >= 11 is 1.87. The fourth-order valence-corrected chi connectivity index (χ4v) is 7.14. The number of benzene rings is 5. The summed E-state index contributed by atoms with van der Waals surface area (Å²) in [6.07, 6.45) is 0. The number of pyridine rings is 1. The highest BCUT2D eigenvalue weighted by Crippen LogP contribution is 2.45. The predicted octanol–water partition coefficient (Wildman–Crippen LogP) is 9.06. The zero-order valence-electron chi connectivity index (χ0n) is 18.4. The third-order valence-corrected chi connectivity index (χ3v) is 8.57. The largest absolute Gasteiger partial charge is 0.455 e. The Labute approximate surface area is 202 Å². The molecule has 0 unspecified atom stereocenters. The van der Waals surface area contributed by atoms with Crippen molar-refractivity contribution >= 4 is 91.8 Å². The van der Waals surface area contributed by atoms with E-state index in [0.29, 0.717) is 0 Å². The molecule has 0 saturated carbocycles. The second-order valence-electron chi connectivity index (χ2n) is 9.16. The van der Waals surface area contributed by atoms with Gasteiger partial charge in [0, 0.05) is 36.3 Å². The second-order valence-corrected chi connectivity index (χ2v) is 10.2. The molecule has 0 atom stereocenters. The molecule has 0 aliphatic carbocycles. The lowest BCUT2D eigenvalue weighted by molar-refractivity contribution is 0.673. The number of rotatable bonds is 0. The van der Waals surface area contributed by atoms with Crippen LogP contribution in [-0.2, 0) is 0 Å². The Morgan fingerprint density at radius 1 is 0.600 bits per heavy atom. The number of furan rings is 1. The highest BCUT2D eigenvalue weighted by atomic mass is 32.1. The highest BCUT2D eigenvalue weighted by molar-refractivity contribution is 7.26. The van der Waals surface area contributed by atoms with E-state index in [9.17, 15) is 0 Å². The van der Waals surface area contributed by atoms with Crippen LogP contribution in [0.15, 0.2) is 101 Å². The fraction of sp³-hybridized carbons (Fsp3) is 0. The van der Waals surface area contributed by atoms with Crippen molar-refractivity contribution in [3.63, 3.8) is 0 Å². The van der Waals surface area contributed by atoms with Crippen LogP contribution >= 0.6 is 11.3 Å². The van der Waals surface area contributed by atoms with Gasteiger partial charge in [0.1, 0.15) is 16.8 Å². The zero-order chi connectivity index (χ0) is 22.7. The monoisotopic (exact) mass is 464 g/mol. The molecule has 0 fully saturated rings. The Morgan fingerprint density at radius 3 is 2.34 bits per heavy atom. The van der Waals surface area contributed by atoms with Crippen LogP contribution in [0.25, 0.3) is 80.5 Å². The Balaban J connectivity index is 1.66. The standard InChI is InChI=1S/C31H16N2OS/c1-5-11-25-17(7-1)19-13-14-21-27-24(16-15-20-18-8-2-6-12-26(18)35-30(20)27)33-23-10-4-3-9-22(23)32-31(33)28(21)29(19)34-25/h1-16H. The predicted molar refractivity (Wildman–Crippen MR) is 148 cm³/mol. The van der Waals surface area contributed by atoms with Gasteiger partial charge in [-0.25, -0.2) is 4.98 Å². The van der Waals surface area contributed by atoms with Crippen molar-refractivity contribution in [3.05, 3.63) is 97.1 Å². The van der Waals surface area contributed by atoms with E-state index in [1.54, 1.807) is 0 Å². The minimum Gasteiger partial charge on any atom is -0.455 e. The summed E-state index contributed by atoms with van der Waals surface area (Å²) in [7, 11) is 0. The zero-order valence-corrected chi connectivity index (χ0v) is 19.3. The van der Waals surface area contributed by atoms with Crippen molar-refractivity contribution in [3.8, 4) is 0 Å². The van der Waals surface area contributed by atoms with Gasteiger partial charge in [-0.3, -0.25) is 4.40 Å². The Bertz CT molecular complexity index is 2330. The number of nitrogens with zero attached hydrogens (tertiary/aromatic N) is 2. The molecule has 0 saturated heterocycles. The topological polar surface area (TPSA) is 30.4 Å². The van der Waals surface area contributed by atoms with Crippen LogP contribution in [-0.4, -0.2) is 9.38 Å². The van der Waals surface area contributed by atoms with Crippen molar-refractivity contribution in [1.82, 2.24) is 9.38 Å². The van der Waals surface area contributed by atoms with Crippen LogP contribution in [0.2, 0.25) is 0 Å². The maximum Gasteiger partial charge on any atom is 0.150 e. The number of thiophene rings is 1. The number of imidazole rings is 1. The summed E-state index contributed by atoms with van der Waals surface area (Å²) in [5.74, 6) is 0.